The Morgan fingerprint density at radius 2 is 1.43 bits per heavy atom. The number of rotatable bonds is 7. The van der Waals surface area contributed by atoms with Gasteiger partial charge in [-0.05, 0) is 31.4 Å². The van der Waals surface area contributed by atoms with Crippen molar-refractivity contribution >= 4 is 17.9 Å². The molecule has 0 aromatic heterocycles. The molecule has 6 nitrogen and oxygen atoms in total. The van der Waals surface area contributed by atoms with Gasteiger partial charge in [0.15, 0.2) is 12.0 Å². The van der Waals surface area contributed by atoms with Crippen LogP contribution in [0.2, 0.25) is 0 Å². The largest absolute Gasteiger partial charge is 0.465 e. The molecule has 0 amide bonds. The van der Waals surface area contributed by atoms with Gasteiger partial charge in [0.2, 0.25) is 0 Å². The van der Waals surface area contributed by atoms with Crippen LogP contribution in [-0.4, -0.2) is 31.1 Å². The Labute approximate surface area is 176 Å². The molecule has 0 heterocycles. The Balaban J connectivity index is 2.47. The number of carbonyl (C=O) groups is 3. The van der Waals surface area contributed by atoms with E-state index in [0.29, 0.717) is 16.7 Å². The van der Waals surface area contributed by atoms with Gasteiger partial charge in [-0.2, -0.15) is 0 Å². The molecule has 0 aliphatic rings. The molecule has 0 spiro atoms. The van der Waals surface area contributed by atoms with E-state index < -0.39 is 29.9 Å². The molecule has 0 aliphatic carbocycles. The van der Waals surface area contributed by atoms with Crippen molar-refractivity contribution in [2.75, 3.05) is 13.2 Å². The quantitative estimate of drug-likeness (QED) is 0.302. The zero-order valence-electron chi connectivity index (χ0n) is 17.2. The number of hydrogen-bond acceptors (Lipinski definition) is 6. The molecule has 2 aromatic rings. The monoisotopic (exact) mass is 408 g/mol. The average Bonchev–Trinajstić information content (AvgIpc) is 2.73. The predicted octanol–water partition coefficient (Wildman–Crippen LogP) is 3.55. The molecule has 0 radical (unpaired) electrons. The van der Waals surface area contributed by atoms with E-state index in [9.17, 15) is 14.4 Å². The van der Waals surface area contributed by atoms with Crippen LogP contribution in [0.4, 0.5) is 0 Å². The van der Waals surface area contributed by atoms with Crippen LogP contribution in [0.3, 0.4) is 0 Å². The first-order valence-corrected chi connectivity index (χ1v) is 9.63. The van der Waals surface area contributed by atoms with Gasteiger partial charge in [-0.3, -0.25) is 14.4 Å². The molecule has 1 atom stereocenters. The van der Waals surface area contributed by atoms with Crippen LogP contribution >= 0.6 is 0 Å². The number of hydrogen-bond donors (Lipinski definition) is 0. The molecule has 0 N–H and O–H groups in total. The summed E-state index contributed by atoms with van der Waals surface area (Å²) in [4.78, 5) is 36.5. The standard InChI is InChI=1S/C24H24O6/c1-4-28-23(26)22(24(27)29-5-2)20-14-10-9-11-18(20)15-16-21(30-17(3)25)19-12-7-6-8-13-19/h6-14,21-22H,4-5H2,1-3H3. The Bertz CT molecular complexity index is 921. The van der Waals surface area contributed by atoms with Gasteiger partial charge >= 0.3 is 17.9 Å². The van der Waals surface area contributed by atoms with Crippen LogP contribution in [0.1, 0.15) is 49.5 Å². The van der Waals surface area contributed by atoms with Gasteiger partial charge in [-0.15, -0.1) is 0 Å². The van der Waals surface area contributed by atoms with Gasteiger partial charge < -0.3 is 14.2 Å². The summed E-state index contributed by atoms with van der Waals surface area (Å²) in [7, 11) is 0. The minimum atomic E-state index is -1.25. The van der Waals surface area contributed by atoms with Crippen LogP contribution in [0.25, 0.3) is 0 Å². The smallest absolute Gasteiger partial charge is 0.324 e. The molecule has 0 saturated carbocycles. The van der Waals surface area contributed by atoms with E-state index in [0.717, 1.165) is 0 Å². The average molecular weight is 408 g/mol. The third-order valence-electron chi connectivity index (χ3n) is 4.04. The Hall–Kier alpha value is -3.59. The fraction of sp³-hybridized carbons (Fsp3) is 0.292. The second kappa shape index (κ2) is 11.4. The third kappa shape index (κ3) is 6.21. The van der Waals surface area contributed by atoms with Gasteiger partial charge in [0.05, 0.1) is 13.2 Å². The maximum atomic E-state index is 12.5. The predicted molar refractivity (Wildman–Crippen MR) is 110 cm³/mol. The summed E-state index contributed by atoms with van der Waals surface area (Å²) >= 11 is 0. The zero-order valence-corrected chi connectivity index (χ0v) is 17.2. The van der Waals surface area contributed by atoms with Crippen molar-refractivity contribution < 1.29 is 28.6 Å². The molecule has 0 bridgehead atoms. The lowest BCUT2D eigenvalue weighted by Crippen LogP contribution is -2.27. The molecule has 2 rings (SSSR count). The summed E-state index contributed by atoms with van der Waals surface area (Å²) in [6.07, 6.45) is -0.791. The van der Waals surface area contributed by atoms with Crippen molar-refractivity contribution in [3.63, 3.8) is 0 Å². The highest BCUT2D eigenvalue weighted by Gasteiger charge is 2.33. The highest BCUT2D eigenvalue weighted by Crippen LogP contribution is 2.24. The van der Waals surface area contributed by atoms with E-state index in [1.54, 1.807) is 50.2 Å². The first kappa shape index (κ1) is 22.7. The summed E-state index contributed by atoms with van der Waals surface area (Å²) in [5.74, 6) is 2.74. The first-order valence-electron chi connectivity index (χ1n) is 9.63. The fourth-order valence-electron chi connectivity index (χ4n) is 2.78. The number of ether oxygens (including phenoxy) is 3. The van der Waals surface area contributed by atoms with Crippen molar-refractivity contribution in [1.29, 1.82) is 0 Å². The van der Waals surface area contributed by atoms with E-state index in [-0.39, 0.29) is 13.2 Å². The van der Waals surface area contributed by atoms with Crippen LogP contribution in [0, 0.1) is 11.8 Å². The highest BCUT2D eigenvalue weighted by molar-refractivity contribution is 6.01. The molecule has 0 aliphatic heterocycles. The number of carbonyl (C=O) groups excluding carboxylic acids is 3. The van der Waals surface area contributed by atoms with Crippen LogP contribution in [0.5, 0.6) is 0 Å². The minimum Gasteiger partial charge on any atom is -0.465 e. The van der Waals surface area contributed by atoms with Gasteiger partial charge in [0.25, 0.3) is 0 Å². The highest BCUT2D eigenvalue weighted by atomic mass is 16.6. The lowest BCUT2D eigenvalue weighted by atomic mass is 9.94. The Kier molecular flexibility index (Phi) is 8.64. The number of esters is 3. The normalized spacial score (nSPS) is 11.1. The molecule has 0 saturated heterocycles. The maximum Gasteiger partial charge on any atom is 0.324 e. The lowest BCUT2D eigenvalue weighted by Gasteiger charge is -2.16. The Morgan fingerprint density at radius 1 is 0.867 bits per heavy atom. The summed E-state index contributed by atoms with van der Waals surface area (Å²) < 4.78 is 15.5. The molecular formula is C24H24O6. The van der Waals surface area contributed by atoms with Crippen LogP contribution in [0.15, 0.2) is 54.6 Å². The molecular weight excluding hydrogens is 384 g/mol. The molecule has 30 heavy (non-hydrogen) atoms. The van der Waals surface area contributed by atoms with Gasteiger partial charge in [-0.25, -0.2) is 0 Å². The molecule has 1 unspecified atom stereocenters. The third-order valence-corrected chi connectivity index (χ3v) is 4.04. The van der Waals surface area contributed by atoms with E-state index in [1.165, 1.54) is 6.92 Å². The van der Waals surface area contributed by atoms with Gasteiger partial charge in [0.1, 0.15) is 0 Å². The van der Waals surface area contributed by atoms with E-state index in [2.05, 4.69) is 11.8 Å². The summed E-state index contributed by atoms with van der Waals surface area (Å²) in [6, 6.07) is 15.8. The van der Waals surface area contributed by atoms with Crippen molar-refractivity contribution in [1.82, 2.24) is 0 Å². The SMILES string of the molecule is CCOC(=O)C(C(=O)OCC)c1ccccc1C#CC(OC(C)=O)c1ccccc1. The zero-order chi connectivity index (χ0) is 21.9. The van der Waals surface area contributed by atoms with E-state index >= 15 is 0 Å². The second-order valence-electron chi connectivity index (χ2n) is 6.19. The second-order valence-corrected chi connectivity index (χ2v) is 6.19. The van der Waals surface area contributed by atoms with Crippen molar-refractivity contribution in [3.05, 3.63) is 71.3 Å². The van der Waals surface area contributed by atoms with E-state index in [4.69, 9.17) is 14.2 Å². The fourth-order valence-corrected chi connectivity index (χ4v) is 2.78. The minimum absolute atomic E-state index is 0.130. The maximum absolute atomic E-state index is 12.5. The summed E-state index contributed by atoms with van der Waals surface area (Å²) in [6.45, 7) is 4.89. The topological polar surface area (TPSA) is 78.9 Å². The number of benzene rings is 2. The van der Waals surface area contributed by atoms with Crippen LogP contribution < -0.4 is 0 Å². The van der Waals surface area contributed by atoms with E-state index in [1.807, 2.05) is 18.2 Å². The molecule has 156 valence electrons. The Morgan fingerprint density at radius 3 is 2.00 bits per heavy atom. The molecule has 0 fully saturated rings. The summed E-state index contributed by atoms with van der Waals surface area (Å²) in [5, 5.41) is 0. The van der Waals surface area contributed by atoms with Crippen molar-refractivity contribution in [2.45, 2.75) is 32.8 Å². The van der Waals surface area contributed by atoms with Crippen molar-refractivity contribution in [3.8, 4) is 11.8 Å². The van der Waals surface area contributed by atoms with Gasteiger partial charge in [-0.1, -0.05) is 54.5 Å². The lowest BCUT2D eigenvalue weighted by molar-refractivity contribution is -0.157. The van der Waals surface area contributed by atoms with Gasteiger partial charge in [0, 0.05) is 18.1 Å². The van der Waals surface area contributed by atoms with Crippen molar-refractivity contribution in [2.24, 2.45) is 0 Å². The summed E-state index contributed by atoms with van der Waals surface area (Å²) in [5.41, 5.74) is 1.53. The first-order chi connectivity index (χ1) is 14.5. The molecule has 2 aromatic carbocycles. The van der Waals surface area contributed by atoms with Crippen LogP contribution in [-0.2, 0) is 28.6 Å². The molecule has 6 heteroatoms.